The molecule has 4 nitrogen and oxygen atoms in total. The van der Waals surface area contributed by atoms with Crippen molar-refractivity contribution in [3.05, 3.63) is 41.1 Å². The molecule has 1 aliphatic rings. The van der Waals surface area contributed by atoms with Crippen molar-refractivity contribution in [2.75, 3.05) is 13.6 Å². The SMILES string of the molecule is C[C@@H](C#N)CN(C)C(=O)c1c2c(nc3ccccc13)CC[C@@H](C(C)(C)C)C2. The van der Waals surface area contributed by atoms with Gasteiger partial charge in [-0.25, -0.2) is 0 Å². The summed E-state index contributed by atoms with van der Waals surface area (Å²) in [5.41, 5.74) is 4.05. The van der Waals surface area contributed by atoms with E-state index in [-0.39, 0.29) is 17.2 Å². The number of benzene rings is 1. The number of fused-ring (bicyclic) bond motifs is 2. The molecule has 1 aromatic heterocycles. The second-order valence-corrected chi connectivity index (χ2v) is 8.95. The van der Waals surface area contributed by atoms with Crippen LogP contribution in [0.15, 0.2) is 24.3 Å². The van der Waals surface area contributed by atoms with Crippen molar-refractivity contribution in [2.45, 2.75) is 47.0 Å². The molecule has 0 fully saturated rings. The third kappa shape index (κ3) is 3.83. The van der Waals surface area contributed by atoms with E-state index in [1.807, 2.05) is 31.2 Å². The van der Waals surface area contributed by atoms with Crippen molar-refractivity contribution in [1.82, 2.24) is 9.88 Å². The molecule has 0 N–H and O–H groups in total. The van der Waals surface area contributed by atoms with Crippen LogP contribution in [-0.2, 0) is 12.8 Å². The summed E-state index contributed by atoms with van der Waals surface area (Å²) in [4.78, 5) is 20.0. The molecule has 1 aliphatic carbocycles. The lowest BCUT2D eigenvalue weighted by molar-refractivity contribution is 0.0784. The monoisotopic (exact) mass is 363 g/mol. The van der Waals surface area contributed by atoms with Crippen molar-refractivity contribution in [3.63, 3.8) is 0 Å². The summed E-state index contributed by atoms with van der Waals surface area (Å²) in [5.74, 6) is 0.342. The summed E-state index contributed by atoms with van der Waals surface area (Å²) in [5, 5.41) is 10.0. The Labute approximate surface area is 162 Å². The number of pyridine rings is 1. The smallest absolute Gasteiger partial charge is 0.254 e. The molecule has 2 aromatic rings. The van der Waals surface area contributed by atoms with Crippen molar-refractivity contribution in [3.8, 4) is 6.07 Å². The van der Waals surface area contributed by atoms with Gasteiger partial charge in [0.15, 0.2) is 0 Å². The number of aryl methyl sites for hydroxylation is 1. The van der Waals surface area contributed by atoms with Crippen molar-refractivity contribution < 1.29 is 4.79 Å². The molecule has 4 heteroatoms. The molecule has 1 aromatic carbocycles. The second-order valence-electron chi connectivity index (χ2n) is 8.95. The molecule has 27 heavy (non-hydrogen) atoms. The number of carbonyl (C=O) groups is 1. The van der Waals surface area contributed by atoms with Crippen molar-refractivity contribution >= 4 is 16.8 Å². The molecule has 0 saturated heterocycles. The van der Waals surface area contributed by atoms with Crippen LogP contribution in [0.5, 0.6) is 0 Å². The molecule has 0 radical (unpaired) electrons. The van der Waals surface area contributed by atoms with E-state index in [0.717, 1.165) is 47.0 Å². The number of hydrogen-bond acceptors (Lipinski definition) is 3. The highest BCUT2D eigenvalue weighted by Gasteiger charge is 2.33. The lowest BCUT2D eigenvalue weighted by atomic mass is 9.70. The van der Waals surface area contributed by atoms with E-state index in [4.69, 9.17) is 10.2 Å². The molecule has 1 heterocycles. The number of aromatic nitrogens is 1. The zero-order valence-electron chi connectivity index (χ0n) is 17.0. The number of nitrogens with zero attached hydrogens (tertiary/aromatic N) is 3. The molecular weight excluding hydrogens is 334 g/mol. The van der Waals surface area contributed by atoms with Crippen molar-refractivity contribution in [1.29, 1.82) is 5.26 Å². The number of para-hydroxylation sites is 1. The van der Waals surface area contributed by atoms with Gasteiger partial charge in [-0.2, -0.15) is 5.26 Å². The maximum absolute atomic E-state index is 13.4. The van der Waals surface area contributed by atoms with Crippen LogP contribution in [0.4, 0.5) is 0 Å². The van der Waals surface area contributed by atoms with Gasteiger partial charge in [0, 0.05) is 24.7 Å². The fourth-order valence-corrected chi connectivity index (χ4v) is 4.10. The summed E-state index contributed by atoms with van der Waals surface area (Å²) in [7, 11) is 1.79. The van der Waals surface area contributed by atoms with Crippen LogP contribution in [0.3, 0.4) is 0 Å². The van der Waals surface area contributed by atoms with E-state index in [1.165, 1.54) is 0 Å². The topological polar surface area (TPSA) is 57.0 Å². The minimum absolute atomic E-state index is 0.00140. The summed E-state index contributed by atoms with van der Waals surface area (Å²) in [6.07, 6.45) is 2.91. The van der Waals surface area contributed by atoms with Gasteiger partial charge in [0.2, 0.25) is 0 Å². The number of rotatable bonds is 3. The quantitative estimate of drug-likeness (QED) is 0.799. The van der Waals surface area contributed by atoms with E-state index >= 15 is 0 Å². The first kappa shape index (κ1) is 19.4. The second kappa shape index (κ2) is 7.31. The van der Waals surface area contributed by atoms with Crippen LogP contribution >= 0.6 is 0 Å². The Morgan fingerprint density at radius 3 is 2.74 bits per heavy atom. The normalized spacial score (nSPS) is 17.9. The van der Waals surface area contributed by atoms with Gasteiger partial charge in [-0.15, -0.1) is 0 Å². The van der Waals surface area contributed by atoms with E-state index < -0.39 is 0 Å². The molecule has 0 spiro atoms. The average Bonchev–Trinajstić information content (AvgIpc) is 2.64. The number of hydrogen-bond donors (Lipinski definition) is 0. The molecule has 1 amide bonds. The van der Waals surface area contributed by atoms with E-state index in [9.17, 15) is 4.79 Å². The van der Waals surface area contributed by atoms with E-state index in [1.54, 1.807) is 11.9 Å². The van der Waals surface area contributed by atoms with Crippen LogP contribution in [0.1, 0.15) is 55.7 Å². The Morgan fingerprint density at radius 1 is 1.37 bits per heavy atom. The maximum atomic E-state index is 13.4. The largest absolute Gasteiger partial charge is 0.340 e. The summed E-state index contributed by atoms with van der Waals surface area (Å²) in [6.45, 7) is 9.11. The fourth-order valence-electron chi connectivity index (χ4n) is 4.10. The zero-order valence-corrected chi connectivity index (χ0v) is 17.0. The van der Waals surface area contributed by atoms with Gasteiger partial charge in [0.05, 0.1) is 23.1 Å². The number of carbonyl (C=O) groups excluding carboxylic acids is 1. The van der Waals surface area contributed by atoms with Gasteiger partial charge in [0.1, 0.15) is 0 Å². The molecule has 0 aliphatic heterocycles. The molecule has 2 atom stereocenters. The highest BCUT2D eigenvalue weighted by Crippen LogP contribution is 2.39. The Bertz CT molecular complexity index is 904. The Kier molecular flexibility index (Phi) is 5.24. The molecule has 3 rings (SSSR count). The third-order valence-corrected chi connectivity index (χ3v) is 5.81. The Morgan fingerprint density at radius 2 is 2.07 bits per heavy atom. The van der Waals surface area contributed by atoms with Crippen molar-refractivity contribution in [2.24, 2.45) is 17.3 Å². The van der Waals surface area contributed by atoms with Gasteiger partial charge < -0.3 is 4.90 Å². The number of nitriles is 1. The third-order valence-electron chi connectivity index (χ3n) is 5.81. The van der Waals surface area contributed by atoms with E-state index in [2.05, 4.69) is 26.8 Å². The molecular formula is C23H29N3O. The minimum atomic E-state index is -0.190. The maximum Gasteiger partial charge on any atom is 0.254 e. The first-order chi connectivity index (χ1) is 12.7. The van der Waals surface area contributed by atoms with Gasteiger partial charge in [-0.3, -0.25) is 9.78 Å². The van der Waals surface area contributed by atoms with E-state index in [0.29, 0.717) is 12.5 Å². The predicted molar refractivity (Wildman–Crippen MR) is 108 cm³/mol. The van der Waals surface area contributed by atoms with Crippen LogP contribution in [0, 0.1) is 28.6 Å². The van der Waals surface area contributed by atoms with Gasteiger partial charge in [-0.1, -0.05) is 39.0 Å². The average molecular weight is 364 g/mol. The lowest BCUT2D eigenvalue weighted by Crippen LogP contribution is -2.34. The summed E-state index contributed by atoms with van der Waals surface area (Å²) >= 11 is 0. The first-order valence-corrected chi connectivity index (χ1v) is 9.78. The highest BCUT2D eigenvalue weighted by molar-refractivity contribution is 6.07. The Hall–Kier alpha value is -2.41. The van der Waals surface area contributed by atoms with Gasteiger partial charge in [-0.05, 0) is 49.1 Å². The van der Waals surface area contributed by atoms with Gasteiger partial charge >= 0.3 is 0 Å². The van der Waals surface area contributed by atoms with Crippen LogP contribution in [0.25, 0.3) is 10.9 Å². The molecule has 0 unspecified atom stereocenters. The standard InChI is InChI=1S/C23H29N3O/c1-15(13-24)14-26(5)22(27)21-17-8-6-7-9-19(17)25-20-11-10-16(12-18(20)21)23(2,3)4/h6-9,15-16H,10-12,14H2,1-5H3/t15-,16+/m0/s1. The summed E-state index contributed by atoms with van der Waals surface area (Å²) < 4.78 is 0. The van der Waals surface area contributed by atoms with Crippen LogP contribution in [-0.4, -0.2) is 29.4 Å². The lowest BCUT2D eigenvalue weighted by Gasteiger charge is -2.36. The first-order valence-electron chi connectivity index (χ1n) is 9.78. The summed E-state index contributed by atoms with van der Waals surface area (Å²) in [6, 6.07) is 10.1. The van der Waals surface area contributed by atoms with Gasteiger partial charge in [0.25, 0.3) is 5.91 Å². The minimum Gasteiger partial charge on any atom is -0.340 e. The Balaban J connectivity index is 2.12. The molecule has 142 valence electrons. The number of amides is 1. The van der Waals surface area contributed by atoms with Crippen LogP contribution in [0.2, 0.25) is 0 Å². The molecule has 0 saturated carbocycles. The zero-order chi connectivity index (χ0) is 19.8. The molecule has 0 bridgehead atoms. The predicted octanol–water partition coefficient (Wildman–Crippen LogP) is 4.62. The van der Waals surface area contributed by atoms with Crippen LogP contribution < -0.4 is 0 Å². The fraction of sp³-hybridized carbons (Fsp3) is 0.522. The highest BCUT2D eigenvalue weighted by atomic mass is 16.2.